The average molecular weight is 570 g/mol. The van der Waals surface area contributed by atoms with Gasteiger partial charge < -0.3 is 25.2 Å². The maximum Gasteiger partial charge on any atom is 0.350 e. The number of ether oxygens (including phenoxy) is 1. The fourth-order valence-corrected chi connectivity index (χ4v) is 3.88. The Morgan fingerprint density at radius 1 is 0.415 bits per heavy atom. The Morgan fingerprint density at radius 3 is 1.02 bits per heavy atom. The Bertz CT molecular complexity index is 1580. The van der Waals surface area contributed by atoms with Crippen molar-refractivity contribution in [3.63, 3.8) is 0 Å². The van der Waals surface area contributed by atoms with Crippen LogP contribution in [0.3, 0.4) is 0 Å². The molecule has 2 aliphatic rings. The first-order valence-corrected chi connectivity index (χ1v) is 11.2. The first-order chi connectivity index (χ1) is 19.3. The number of esters is 2. The molecule has 9 nitrogen and oxygen atoms in total. The lowest BCUT2D eigenvalue weighted by Crippen LogP contribution is -2.24. The van der Waals surface area contributed by atoms with Crippen LogP contribution in [0.15, 0.2) is 60.7 Å². The Balaban J connectivity index is 0.000000158. The Hall–Kier alpha value is -5.72. The number of fused-ring (bicyclic) bond motifs is 3. The molecule has 0 spiro atoms. The van der Waals surface area contributed by atoms with Crippen LogP contribution in [0, 0.1) is 23.3 Å². The molecular formula is C28H14F4O9. The van der Waals surface area contributed by atoms with Crippen LogP contribution in [0.1, 0.15) is 52.6 Å². The minimum absolute atomic E-state index is 0.169. The summed E-state index contributed by atoms with van der Waals surface area (Å²) in [6.07, 6.45) is 0. The van der Waals surface area contributed by atoms with Crippen LogP contribution < -0.4 is 0 Å². The van der Waals surface area contributed by atoms with Crippen molar-refractivity contribution in [1.82, 2.24) is 0 Å². The highest BCUT2D eigenvalue weighted by atomic mass is 19.1. The number of ketones is 2. The Labute approximate surface area is 226 Å². The molecular weight excluding hydrogens is 556 g/mol. The molecule has 1 aliphatic heterocycles. The number of hydrogen-bond donors (Lipinski definition) is 4. The van der Waals surface area contributed by atoms with Crippen LogP contribution in [0.25, 0.3) is 0 Å². The number of phenolic OH excluding ortho intramolecular Hbond substituents is 4. The van der Waals surface area contributed by atoms with Crippen LogP contribution >= 0.6 is 0 Å². The number of rotatable bonds is 0. The van der Waals surface area contributed by atoms with Crippen molar-refractivity contribution in [2.75, 3.05) is 0 Å². The third-order valence-corrected chi connectivity index (χ3v) is 5.72. The predicted molar refractivity (Wildman–Crippen MR) is 129 cm³/mol. The summed E-state index contributed by atoms with van der Waals surface area (Å²) < 4.78 is 57.2. The van der Waals surface area contributed by atoms with Crippen LogP contribution in [-0.2, 0) is 4.74 Å². The summed E-state index contributed by atoms with van der Waals surface area (Å²) in [7, 11) is 0. The van der Waals surface area contributed by atoms with Gasteiger partial charge in [0.2, 0.25) is 11.6 Å². The zero-order valence-corrected chi connectivity index (χ0v) is 20.1. The highest BCUT2D eigenvalue weighted by molar-refractivity contribution is 6.30. The minimum atomic E-state index is -1.14. The van der Waals surface area contributed by atoms with Gasteiger partial charge in [0.25, 0.3) is 0 Å². The van der Waals surface area contributed by atoms with Gasteiger partial charge in [-0.1, -0.05) is 0 Å². The molecule has 4 aromatic rings. The van der Waals surface area contributed by atoms with Crippen molar-refractivity contribution in [1.29, 1.82) is 0 Å². The van der Waals surface area contributed by atoms with Gasteiger partial charge >= 0.3 is 11.9 Å². The van der Waals surface area contributed by atoms with E-state index in [4.69, 9.17) is 10.2 Å². The first-order valence-electron chi connectivity index (χ1n) is 11.2. The SMILES string of the molecule is O=C1OC(=O)c2c(F)ccc(F)c21.O=C1c2c(O)ccc(O)c2C(=O)c2c(F)ccc(F)c21.Oc1ccc(O)cc1. The fraction of sp³-hybridized carbons (Fsp3) is 0. The van der Waals surface area contributed by atoms with Gasteiger partial charge in [0, 0.05) is 0 Å². The van der Waals surface area contributed by atoms with Crippen molar-refractivity contribution in [2.24, 2.45) is 0 Å². The van der Waals surface area contributed by atoms with E-state index in [0.29, 0.717) is 0 Å². The van der Waals surface area contributed by atoms with Crippen molar-refractivity contribution in [3.05, 3.63) is 117 Å². The second-order valence-corrected chi connectivity index (χ2v) is 8.26. The second kappa shape index (κ2) is 10.8. The highest BCUT2D eigenvalue weighted by Crippen LogP contribution is 2.39. The lowest BCUT2D eigenvalue weighted by Gasteiger charge is -2.19. The Kier molecular flexibility index (Phi) is 7.46. The van der Waals surface area contributed by atoms with E-state index in [9.17, 15) is 47.0 Å². The summed E-state index contributed by atoms with van der Waals surface area (Å²) in [6.45, 7) is 0. The van der Waals surface area contributed by atoms with Gasteiger partial charge in [-0.2, -0.15) is 0 Å². The number of phenols is 4. The van der Waals surface area contributed by atoms with E-state index >= 15 is 0 Å². The van der Waals surface area contributed by atoms with E-state index in [1.54, 1.807) is 0 Å². The van der Waals surface area contributed by atoms with E-state index in [-0.39, 0.29) is 11.5 Å². The molecule has 13 heteroatoms. The third-order valence-electron chi connectivity index (χ3n) is 5.72. The molecule has 0 saturated carbocycles. The average Bonchev–Trinajstić information content (AvgIpc) is 3.24. The van der Waals surface area contributed by atoms with Gasteiger partial charge in [-0.15, -0.1) is 0 Å². The summed E-state index contributed by atoms with van der Waals surface area (Å²) >= 11 is 0. The van der Waals surface area contributed by atoms with Crippen molar-refractivity contribution >= 4 is 23.5 Å². The lowest BCUT2D eigenvalue weighted by atomic mass is 9.82. The largest absolute Gasteiger partial charge is 0.508 e. The van der Waals surface area contributed by atoms with Crippen LogP contribution in [0.5, 0.6) is 23.0 Å². The monoisotopic (exact) mass is 570 g/mol. The van der Waals surface area contributed by atoms with Crippen LogP contribution in [-0.4, -0.2) is 43.9 Å². The molecule has 0 radical (unpaired) electrons. The molecule has 0 fully saturated rings. The lowest BCUT2D eigenvalue weighted by molar-refractivity contribution is 0.0440. The fourth-order valence-electron chi connectivity index (χ4n) is 3.88. The summed E-state index contributed by atoms with van der Waals surface area (Å²) in [5.74, 6) is -9.21. The number of aromatic hydroxyl groups is 4. The van der Waals surface area contributed by atoms with E-state index in [1.165, 1.54) is 24.3 Å². The van der Waals surface area contributed by atoms with Crippen molar-refractivity contribution in [2.45, 2.75) is 0 Å². The van der Waals surface area contributed by atoms with Crippen molar-refractivity contribution in [3.8, 4) is 23.0 Å². The molecule has 1 heterocycles. The molecule has 0 saturated heterocycles. The summed E-state index contributed by atoms with van der Waals surface area (Å²) in [4.78, 5) is 45.9. The summed E-state index contributed by atoms with van der Waals surface area (Å²) in [5.41, 5.74) is -3.75. The smallest absolute Gasteiger partial charge is 0.350 e. The molecule has 6 rings (SSSR count). The number of hydrogen-bond acceptors (Lipinski definition) is 9. The molecule has 0 aromatic heterocycles. The highest BCUT2D eigenvalue weighted by Gasteiger charge is 2.38. The summed E-state index contributed by atoms with van der Waals surface area (Å²) in [6, 6.07) is 10.7. The van der Waals surface area contributed by atoms with Crippen LogP contribution in [0.2, 0.25) is 0 Å². The van der Waals surface area contributed by atoms with Crippen molar-refractivity contribution < 1.29 is 61.9 Å². The van der Waals surface area contributed by atoms with E-state index in [2.05, 4.69) is 4.74 Å². The van der Waals surface area contributed by atoms with Gasteiger partial charge in [0.1, 0.15) is 57.4 Å². The number of carbonyl (C=O) groups is 4. The first kappa shape index (κ1) is 28.3. The molecule has 0 amide bonds. The van der Waals surface area contributed by atoms with Gasteiger partial charge in [-0.3, -0.25) is 9.59 Å². The molecule has 4 N–H and O–H groups in total. The molecule has 41 heavy (non-hydrogen) atoms. The molecule has 208 valence electrons. The molecule has 1 aliphatic carbocycles. The Morgan fingerprint density at radius 2 is 0.707 bits per heavy atom. The normalized spacial score (nSPS) is 12.7. The van der Waals surface area contributed by atoms with Gasteiger partial charge in [-0.25, -0.2) is 27.2 Å². The second-order valence-electron chi connectivity index (χ2n) is 8.26. The topological polar surface area (TPSA) is 158 Å². The van der Waals surface area contributed by atoms with Gasteiger partial charge in [0.15, 0.2) is 0 Å². The number of cyclic esters (lactones) is 2. The number of halogens is 4. The maximum absolute atomic E-state index is 13.7. The quantitative estimate of drug-likeness (QED) is 0.0909. The summed E-state index contributed by atoms with van der Waals surface area (Å²) in [5, 5.41) is 36.6. The van der Waals surface area contributed by atoms with Crippen LogP contribution in [0.4, 0.5) is 17.6 Å². The van der Waals surface area contributed by atoms with Gasteiger partial charge in [-0.05, 0) is 60.7 Å². The molecule has 0 bridgehead atoms. The molecule has 0 atom stereocenters. The minimum Gasteiger partial charge on any atom is -0.508 e. The van der Waals surface area contributed by atoms with E-state index < -0.39 is 91.7 Å². The maximum atomic E-state index is 13.7. The van der Waals surface area contributed by atoms with E-state index in [1.807, 2.05) is 0 Å². The predicted octanol–water partition coefficient (Wildman–Crippen LogP) is 4.52. The molecule has 4 aromatic carbocycles. The zero-order chi connectivity index (χ0) is 30.2. The van der Waals surface area contributed by atoms with E-state index in [0.717, 1.165) is 36.4 Å². The zero-order valence-electron chi connectivity index (χ0n) is 20.1. The molecule has 0 unspecified atom stereocenters. The number of carbonyl (C=O) groups excluding carboxylic acids is 4. The number of benzene rings is 4. The third kappa shape index (κ3) is 5.15. The standard InChI is InChI=1S/C14H6F2O4.C8H2F2O3.C6H6O2/c15-5-1-2-6(16)10-9(5)13(19)11-7(17)3-4-8(18)12(11)14(10)20;9-3-1-2-4(10)6-5(3)7(11)13-8(6)12;7-5-1-2-6(8)4-3-5/h1-4,17-18H;1-2H;1-4,7-8H. The van der Waals surface area contributed by atoms with Gasteiger partial charge in [0.05, 0.1) is 22.3 Å².